The van der Waals surface area contributed by atoms with Gasteiger partial charge in [0.1, 0.15) is 11.9 Å². The van der Waals surface area contributed by atoms with Gasteiger partial charge in [0.05, 0.1) is 7.11 Å². The van der Waals surface area contributed by atoms with E-state index in [0.717, 1.165) is 5.56 Å². The summed E-state index contributed by atoms with van der Waals surface area (Å²) >= 11 is 0. The van der Waals surface area contributed by atoms with Crippen LogP contribution in [0.5, 0.6) is 5.88 Å². The number of rotatable bonds is 3. The van der Waals surface area contributed by atoms with Gasteiger partial charge in [0, 0.05) is 18.7 Å². The van der Waals surface area contributed by atoms with Gasteiger partial charge < -0.3 is 10.1 Å². The van der Waals surface area contributed by atoms with Gasteiger partial charge in [0.15, 0.2) is 0 Å². The lowest BCUT2D eigenvalue weighted by Gasteiger charge is -2.02. The van der Waals surface area contributed by atoms with Crippen LogP contribution in [0.1, 0.15) is 12.5 Å². The number of ether oxygens (including phenoxy) is 1. The van der Waals surface area contributed by atoms with Crippen LogP contribution in [-0.2, 0) is 11.2 Å². The molecule has 1 aromatic heterocycles. The van der Waals surface area contributed by atoms with Crippen molar-refractivity contribution in [1.82, 2.24) is 10.3 Å². The highest BCUT2D eigenvalue weighted by Gasteiger charge is 2.21. The maximum Gasteiger partial charge on any atom is 0.249 e. The molecule has 1 N–H and O–H groups in total. The van der Waals surface area contributed by atoms with Crippen molar-refractivity contribution in [3.63, 3.8) is 0 Å². The molecule has 16 heavy (non-hydrogen) atoms. The van der Waals surface area contributed by atoms with Gasteiger partial charge >= 0.3 is 0 Å². The van der Waals surface area contributed by atoms with Crippen LogP contribution in [0.15, 0.2) is 23.3 Å². The summed E-state index contributed by atoms with van der Waals surface area (Å²) in [5.41, 5.74) is 0.994. The SMILES string of the molecule is COc1ccc(CC2=NC(C)C(=O)N2)cn1. The second-order valence-electron chi connectivity index (χ2n) is 3.63. The van der Waals surface area contributed by atoms with E-state index >= 15 is 0 Å². The molecule has 0 aromatic carbocycles. The van der Waals surface area contributed by atoms with Gasteiger partial charge in [-0.1, -0.05) is 6.07 Å². The third-order valence-corrected chi connectivity index (χ3v) is 2.37. The predicted molar refractivity (Wildman–Crippen MR) is 59.5 cm³/mol. The van der Waals surface area contributed by atoms with Gasteiger partial charge in [0.25, 0.3) is 0 Å². The lowest BCUT2D eigenvalue weighted by atomic mass is 10.2. The third-order valence-electron chi connectivity index (χ3n) is 2.37. The molecule has 2 rings (SSSR count). The van der Waals surface area contributed by atoms with Crippen molar-refractivity contribution in [1.29, 1.82) is 0 Å². The molecule has 5 heteroatoms. The van der Waals surface area contributed by atoms with Crippen LogP contribution in [0, 0.1) is 0 Å². The molecule has 1 atom stereocenters. The number of amidine groups is 1. The topological polar surface area (TPSA) is 63.6 Å². The summed E-state index contributed by atoms with van der Waals surface area (Å²) in [5.74, 6) is 1.23. The Labute approximate surface area is 93.6 Å². The van der Waals surface area contributed by atoms with E-state index in [0.29, 0.717) is 18.1 Å². The number of pyridine rings is 1. The zero-order valence-corrected chi connectivity index (χ0v) is 9.23. The van der Waals surface area contributed by atoms with Gasteiger partial charge in [-0.25, -0.2) is 4.98 Å². The summed E-state index contributed by atoms with van der Waals surface area (Å²) in [6.45, 7) is 1.77. The van der Waals surface area contributed by atoms with Crippen LogP contribution in [0.4, 0.5) is 0 Å². The minimum absolute atomic E-state index is 0.0449. The van der Waals surface area contributed by atoms with Gasteiger partial charge in [-0.05, 0) is 12.5 Å². The number of carbonyl (C=O) groups is 1. The lowest BCUT2D eigenvalue weighted by Crippen LogP contribution is -2.28. The minimum atomic E-state index is -0.277. The van der Waals surface area contributed by atoms with Crippen LogP contribution >= 0.6 is 0 Å². The zero-order valence-electron chi connectivity index (χ0n) is 9.23. The molecule has 0 saturated heterocycles. The van der Waals surface area contributed by atoms with Crippen LogP contribution in [0.25, 0.3) is 0 Å². The fraction of sp³-hybridized carbons (Fsp3) is 0.364. The molecule has 1 aliphatic rings. The smallest absolute Gasteiger partial charge is 0.249 e. The first-order valence-electron chi connectivity index (χ1n) is 5.05. The molecule has 1 amide bonds. The maximum absolute atomic E-state index is 11.2. The summed E-state index contributed by atoms with van der Waals surface area (Å²) in [6, 6.07) is 3.42. The number of aromatic nitrogens is 1. The molecule has 1 aliphatic heterocycles. The van der Waals surface area contributed by atoms with Crippen molar-refractivity contribution in [3.8, 4) is 5.88 Å². The van der Waals surface area contributed by atoms with Crippen molar-refractivity contribution in [2.75, 3.05) is 7.11 Å². The number of hydrogen-bond donors (Lipinski definition) is 1. The molecule has 0 spiro atoms. The van der Waals surface area contributed by atoms with E-state index in [-0.39, 0.29) is 11.9 Å². The summed E-state index contributed by atoms with van der Waals surface area (Å²) < 4.78 is 4.96. The van der Waals surface area contributed by atoms with E-state index < -0.39 is 0 Å². The normalized spacial score (nSPS) is 19.2. The van der Waals surface area contributed by atoms with E-state index in [1.807, 2.05) is 6.07 Å². The summed E-state index contributed by atoms with van der Waals surface area (Å²) in [4.78, 5) is 19.5. The molecule has 84 valence electrons. The number of nitrogens with zero attached hydrogens (tertiary/aromatic N) is 2. The predicted octanol–water partition coefficient (Wildman–Crippen LogP) is 0.549. The molecular formula is C11H13N3O2. The lowest BCUT2D eigenvalue weighted by molar-refractivity contribution is -0.119. The average molecular weight is 219 g/mol. The molecule has 1 aromatic rings. The largest absolute Gasteiger partial charge is 0.481 e. The number of methoxy groups -OCH3 is 1. The monoisotopic (exact) mass is 219 g/mol. The Kier molecular flexibility index (Phi) is 2.85. The number of nitrogens with one attached hydrogen (secondary N) is 1. The van der Waals surface area contributed by atoms with E-state index in [1.165, 1.54) is 0 Å². The average Bonchev–Trinajstić information content (AvgIpc) is 2.59. The third kappa shape index (κ3) is 2.18. The van der Waals surface area contributed by atoms with E-state index in [1.54, 1.807) is 26.3 Å². The second kappa shape index (κ2) is 4.30. The number of hydrogen-bond acceptors (Lipinski definition) is 4. The first-order valence-corrected chi connectivity index (χ1v) is 5.05. The molecule has 0 bridgehead atoms. The van der Waals surface area contributed by atoms with E-state index in [4.69, 9.17) is 4.74 Å². The standard InChI is InChI=1S/C11H13N3O2/c1-7-11(15)14-9(13-7)5-8-3-4-10(16-2)12-6-8/h3-4,6-7H,5H2,1-2H3,(H,13,14,15). The van der Waals surface area contributed by atoms with Crippen LogP contribution in [0.3, 0.4) is 0 Å². The first-order chi connectivity index (χ1) is 7.69. The van der Waals surface area contributed by atoms with Crippen LogP contribution in [0.2, 0.25) is 0 Å². The van der Waals surface area contributed by atoms with Crippen LogP contribution in [-0.4, -0.2) is 29.9 Å². The second-order valence-corrected chi connectivity index (χ2v) is 3.63. The van der Waals surface area contributed by atoms with Gasteiger partial charge in [-0.2, -0.15) is 0 Å². The van der Waals surface area contributed by atoms with Crippen molar-refractivity contribution in [2.45, 2.75) is 19.4 Å². The summed E-state index contributed by atoms with van der Waals surface area (Å²) in [6.07, 6.45) is 2.31. The van der Waals surface area contributed by atoms with Crippen LogP contribution < -0.4 is 10.1 Å². The van der Waals surface area contributed by atoms with Crippen molar-refractivity contribution in [2.24, 2.45) is 4.99 Å². The maximum atomic E-state index is 11.2. The molecule has 1 unspecified atom stereocenters. The zero-order chi connectivity index (χ0) is 11.5. The Bertz CT molecular complexity index is 425. The Morgan fingerprint density at radius 3 is 2.81 bits per heavy atom. The molecular weight excluding hydrogens is 206 g/mol. The fourth-order valence-electron chi connectivity index (χ4n) is 1.49. The Morgan fingerprint density at radius 2 is 2.31 bits per heavy atom. The summed E-state index contributed by atoms with van der Waals surface area (Å²) in [7, 11) is 1.57. The van der Waals surface area contributed by atoms with Crippen molar-refractivity contribution >= 4 is 11.7 Å². The highest BCUT2D eigenvalue weighted by Crippen LogP contribution is 2.09. The Balaban J connectivity index is 2.04. The van der Waals surface area contributed by atoms with Gasteiger partial charge in [-0.3, -0.25) is 9.79 Å². The Morgan fingerprint density at radius 1 is 1.50 bits per heavy atom. The van der Waals surface area contributed by atoms with Crippen molar-refractivity contribution in [3.05, 3.63) is 23.9 Å². The molecule has 2 heterocycles. The highest BCUT2D eigenvalue weighted by atomic mass is 16.5. The van der Waals surface area contributed by atoms with Gasteiger partial charge in [-0.15, -0.1) is 0 Å². The van der Waals surface area contributed by atoms with E-state index in [2.05, 4.69) is 15.3 Å². The molecule has 0 saturated carbocycles. The van der Waals surface area contributed by atoms with Gasteiger partial charge in [0.2, 0.25) is 11.8 Å². The quantitative estimate of drug-likeness (QED) is 0.807. The number of amides is 1. The molecule has 5 nitrogen and oxygen atoms in total. The summed E-state index contributed by atoms with van der Waals surface area (Å²) in [5, 5.41) is 2.73. The molecule has 0 aliphatic carbocycles. The molecule has 0 fully saturated rings. The highest BCUT2D eigenvalue weighted by molar-refractivity contribution is 6.06. The van der Waals surface area contributed by atoms with E-state index in [9.17, 15) is 4.79 Å². The first kappa shape index (κ1) is 10.6. The fourth-order valence-corrected chi connectivity index (χ4v) is 1.49. The Hall–Kier alpha value is -1.91. The number of carbonyl (C=O) groups excluding carboxylic acids is 1. The molecule has 0 radical (unpaired) electrons. The number of aliphatic imine (C=N–C) groups is 1. The minimum Gasteiger partial charge on any atom is -0.481 e. The van der Waals surface area contributed by atoms with Crippen molar-refractivity contribution < 1.29 is 9.53 Å².